The van der Waals surface area contributed by atoms with Gasteiger partial charge in [-0.3, -0.25) is 0 Å². The minimum absolute atomic E-state index is 0.296. The van der Waals surface area contributed by atoms with Crippen LogP contribution < -0.4 is 0 Å². The van der Waals surface area contributed by atoms with Gasteiger partial charge in [-0.1, -0.05) is 60.5 Å². The van der Waals surface area contributed by atoms with Crippen LogP contribution in [0.4, 0.5) is 0 Å². The van der Waals surface area contributed by atoms with Crippen LogP contribution in [0.5, 0.6) is 0 Å². The molecule has 0 heterocycles. The van der Waals surface area contributed by atoms with Crippen LogP contribution in [0.1, 0.15) is 67.7 Å². The number of hydrogen-bond donors (Lipinski definition) is 1. The minimum Gasteiger partial charge on any atom is -0.388 e. The molecule has 0 saturated heterocycles. The van der Waals surface area contributed by atoms with Crippen molar-refractivity contribution in [3.05, 3.63) is 33.3 Å². The smallest absolute Gasteiger partial charge is 0.0795 e. The van der Waals surface area contributed by atoms with E-state index in [4.69, 9.17) is 0 Å². The van der Waals surface area contributed by atoms with Gasteiger partial charge < -0.3 is 5.11 Å². The van der Waals surface area contributed by atoms with E-state index < -0.39 is 0 Å². The highest BCUT2D eigenvalue weighted by atomic mass is 79.9. The van der Waals surface area contributed by atoms with Gasteiger partial charge in [-0.25, -0.2) is 0 Å². The molecule has 106 valence electrons. The lowest BCUT2D eigenvalue weighted by Gasteiger charge is -2.21. The monoisotopic (exact) mass is 324 g/mol. The number of halogens is 1. The molecule has 0 radical (unpaired) electrons. The summed E-state index contributed by atoms with van der Waals surface area (Å²) >= 11 is 3.56. The van der Waals surface area contributed by atoms with Crippen molar-refractivity contribution in [1.82, 2.24) is 0 Å². The first kappa shape index (κ1) is 15.1. The molecule has 0 amide bonds. The third-order valence-corrected chi connectivity index (χ3v) is 5.29. The highest BCUT2D eigenvalue weighted by Gasteiger charge is 2.19. The second-order valence-corrected chi connectivity index (χ2v) is 6.92. The standard InChI is InChI=1S/C17H25BrO/c1-12-10-16(18)13(2)9-15(12)17(19)11-14-7-5-3-4-6-8-14/h9-10,14,17,19H,3-8,11H2,1-2H3. The zero-order valence-corrected chi connectivity index (χ0v) is 13.7. The van der Waals surface area contributed by atoms with Gasteiger partial charge in [0.25, 0.3) is 0 Å². The Bertz CT molecular complexity index is 420. The lowest BCUT2D eigenvalue weighted by molar-refractivity contribution is 0.138. The predicted molar refractivity (Wildman–Crippen MR) is 84.4 cm³/mol. The molecule has 1 fully saturated rings. The zero-order chi connectivity index (χ0) is 13.8. The lowest BCUT2D eigenvalue weighted by atomic mass is 9.89. The number of aliphatic hydroxyl groups excluding tert-OH is 1. The maximum atomic E-state index is 10.5. The molecule has 1 aliphatic rings. The first-order chi connectivity index (χ1) is 9.08. The van der Waals surface area contributed by atoms with Gasteiger partial charge in [-0.15, -0.1) is 0 Å². The summed E-state index contributed by atoms with van der Waals surface area (Å²) in [7, 11) is 0. The van der Waals surface area contributed by atoms with E-state index in [1.807, 2.05) is 0 Å². The van der Waals surface area contributed by atoms with Crippen molar-refractivity contribution >= 4 is 15.9 Å². The molecule has 1 aromatic carbocycles. The second-order valence-electron chi connectivity index (χ2n) is 6.07. The Morgan fingerprint density at radius 1 is 1.11 bits per heavy atom. The van der Waals surface area contributed by atoms with E-state index in [-0.39, 0.29) is 6.10 Å². The van der Waals surface area contributed by atoms with Gasteiger partial charge in [0, 0.05) is 4.47 Å². The largest absolute Gasteiger partial charge is 0.388 e. The number of aliphatic hydroxyl groups is 1. The van der Waals surface area contributed by atoms with Crippen LogP contribution in [0.15, 0.2) is 16.6 Å². The molecule has 1 atom stereocenters. The van der Waals surface area contributed by atoms with Crippen LogP contribution in [0.3, 0.4) is 0 Å². The van der Waals surface area contributed by atoms with Crippen molar-refractivity contribution in [3.8, 4) is 0 Å². The van der Waals surface area contributed by atoms with E-state index in [9.17, 15) is 5.11 Å². The van der Waals surface area contributed by atoms with Crippen molar-refractivity contribution in [2.45, 2.75) is 64.9 Å². The van der Waals surface area contributed by atoms with Crippen LogP contribution in [-0.4, -0.2) is 5.11 Å². The molecule has 1 aliphatic carbocycles. The quantitative estimate of drug-likeness (QED) is 0.732. The van der Waals surface area contributed by atoms with Crippen LogP contribution in [0.2, 0.25) is 0 Å². The van der Waals surface area contributed by atoms with Gasteiger partial charge in [0.05, 0.1) is 6.10 Å². The Hall–Kier alpha value is -0.340. The molecule has 1 unspecified atom stereocenters. The number of rotatable bonds is 3. The van der Waals surface area contributed by atoms with E-state index in [1.165, 1.54) is 49.7 Å². The summed E-state index contributed by atoms with van der Waals surface area (Å²) in [5.74, 6) is 0.709. The third-order valence-electron chi connectivity index (χ3n) is 4.44. The summed E-state index contributed by atoms with van der Waals surface area (Å²) in [5.41, 5.74) is 3.52. The van der Waals surface area contributed by atoms with Crippen LogP contribution in [0, 0.1) is 19.8 Å². The summed E-state index contributed by atoms with van der Waals surface area (Å²) in [6, 6.07) is 4.27. The highest BCUT2D eigenvalue weighted by Crippen LogP contribution is 2.33. The third kappa shape index (κ3) is 4.06. The van der Waals surface area contributed by atoms with Gasteiger partial charge in [0.15, 0.2) is 0 Å². The summed E-state index contributed by atoms with van der Waals surface area (Å²) in [5, 5.41) is 10.5. The van der Waals surface area contributed by atoms with Gasteiger partial charge in [-0.2, -0.15) is 0 Å². The summed E-state index contributed by atoms with van der Waals surface area (Å²) in [6.07, 6.45) is 8.67. The fraction of sp³-hybridized carbons (Fsp3) is 0.647. The molecule has 2 heteroatoms. The Balaban J connectivity index is 2.06. The second kappa shape index (κ2) is 6.90. The summed E-state index contributed by atoms with van der Waals surface area (Å²) in [4.78, 5) is 0. The van der Waals surface area contributed by atoms with E-state index >= 15 is 0 Å². The van der Waals surface area contributed by atoms with Gasteiger partial charge in [-0.05, 0) is 48.9 Å². The molecule has 1 saturated carbocycles. The van der Waals surface area contributed by atoms with Crippen molar-refractivity contribution in [3.63, 3.8) is 0 Å². The first-order valence-electron chi connectivity index (χ1n) is 7.52. The summed E-state index contributed by atoms with van der Waals surface area (Å²) in [6.45, 7) is 4.18. The maximum Gasteiger partial charge on any atom is 0.0795 e. The van der Waals surface area contributed by atoms with Crippen LogP contribution in [0.25, 0.3) is 0 Å². The van der Waals surface area contributed by atoms with E-state index in [0.29, 0.717) is 5.92 Å². The number of aryl methyl sites for hydroxylation is 2. The van der Waals surface area contributed by atoms with Crippen molar-refractivity contribution in [2.75, 3.05) is 0 Å². The molecule has 19 heavy (non-hydrogen) atoms. The molecule has 0 spiro atoms. The van der Waals surface area contributed by atoms with Gasteiger partial charge in [0.2, 0.25) is 0 Å². The number of hydrogen-bond acceptors (Lipinski definition) is 1. The normalized spacial score (nSPS) is 19.2. The summed E-state index contributed by atoms with van der Waals surface area (Å²) < 4.78 is 1.13. The predicted octanol–water partition coefficient (Wildman–Crippen LogP) is 5.46. The van der Waals surface area contributed by atoms with Gasteiger partial charge in [0.1, 0.15) is 0 Å². The molecular formula is C17H25BrO. The Morgan fingerprint density at radius 3 is 2.37 bits per heavy atom. The molecule has 1 nitrogen and oxygen atoms in total. The van der Waals surface area contributed by atoms with Gasteiger partial charge >= 0.3 is 0 Å². The first-order valence-corrected chi connectivity index (χ1v) is 8.32. The molecule has 1 aromatic rings. The molecule has 0 aliphatic heterocycles. The fourth-order valence-electron chi connectivity index (χ4n) is 3.20. The van der Waals surface area contributed by atoms with E-state index in [0.717, 1.165) is 16.5 Å². The van der Waals surface area contributed by atoms with E-state index in [2.05, 4.69) is 41.9 Å². The fourth-order valence-corrected chi connectivity index (χ4v) is 3.66. The van der Waals surface area contributed by atoms with Crippen molar-refractivity contribution in [2.24, 2.45) is 5.92 Å². The van der Waals surface area contributed by atoms with Crippen molar-refractivity contribution in [1.29, 1.82) is 0 Å². The Morgan fingerprint density at radius 2 is 1.74 bits per heavy atom. The minimum atomic E-state index is -0.296. The highest BCUT2D eigenvalue weighted by molar-refractivity contribution is 9.10. The van der Waals surface area contributed by atoms with Crippen molar-refractivity contribution < 1.29 is 5.11 Å². The molecule has 2 rings (SSSR count). The van der Waals surface area contributed by atoms with E-state index in [1.54, 1.807) is 0 Å². The molecular weight excluding hydrogens is 300 g/mol. The van der Waals surface area contributed by atoms with Crippen LogP contribution >= 0.6 is 15.9 Å². The molecule has 1 N–H and O–H groups in total. The lowest BCUT2D eigenvalue weighted by Crippen LogP contribution is -2.08. The molecule has 0 bridgehead atoms. The average molecular weight is 325 g/mol. The Labute approximate surface area is 125 Å². The Kier molecular flexibility index (Phi) is 5.47. The molecule has 0 aromatic heterocycles. The van der Waals surface area contributed by atoms with Crippen LogP contribution in [-0.2, 0) is 0 Å². The average Bonchev–Trinajstić information content (AvgIpc) is 2.62. The zero-order valence-electron chi connectivity index (χ0n) is 12.1. The topological polar surface area (TPSA) is 20.2 Å². The number of benzene rings is 1. The maximum absolute atomic E-state index is 10.5. The SMILES string of the molecule is Cc1cc(C(O)CC2CCCCCC2)c(C)cc1Br.